The highest BCUT2D eigenvalue weighted by atomic mass is 19.1. The van der Waals surface area contributed by atoms with E-state index in [0.29, 0.717) is 65.6 Å². The maximum atomic E-state index is 15.5. The van der Waals surface area contributed by atoms with E-state index in [-0.39, 0.29) is 24.8 Å². The molecule has 3 heterocycles. The van der Waals surface area contributed by atoms with Gasteiger partial charge in [0.25, 0.3) is 0 Å². The number of aryl methyl sites for hydroxylation is 1. The number of fused-ring (bicyclic) bond motifs is 2. The van der Waals surface area contributed by atoms with Gasteiger partial charge >= 0.3 is 5.97 Å². The minimum Gasteiger partial charge on any atom is -0.488 e. The van der Waals surface area contributed by atoms with E-state index in [1.807, 2.05) is 23.1 Å². The number of rotatable bonds is 6. The van der Waals surface area contributed by atoms with Crippen LogP contribution in [0, 0.1) is 5.82 Å². The molecule has 0 bridgehead atoms. The van der Waals surface area contributed by atoms with Crippen LogP contribution in [0.25, 0.3) is 10.8 Å². The Balaban J connectivity index is 1.69. The van der Waals surface area contributed by atoms with Gasteiger partial charge in [0.2, 0.25) is 0 Å². The van der Waals surface area contributed by atoms with Crippen molar-refractivity contribution in [1.82, 2.24) is 9.97 Å². The van der Waals surface area contributed by atoms with E-state index in [1.165, 1.54) is 0 Å². The quantitative estimate of drug-likeness (QED) is 0.624. The number of carbonyl (C=O) groups is 1. The first-order chi connectivity index (χ1) is 14.6. The number of aromatic nitrogens is 2. The molecule has 156 valence electrons. The molecular formula is C22H23FN4O3. The highest BCUT2D eigenvalue weighted by Gasteiger charge is 2.25. The van der Waals surface area contributed by atoms with Crippen LogP contribution >= 0.6 is 0 Å². The summed E-state index contributed by atoms with van der Waals surface area (Å²) < 4.78 is 26.2. The molecule has 7 nitrogen and oxygen atoms in total. The SMILES string of the molecule is CCOC(=O)CCc1ccc2c(n1)N(c1ccc3cnc(CN)cc3c1F)CCO2. The standard InChI is InChI=1S/C22H23FN4O3/c1-2-29-20(28)8-5-15-4-7-19-22(26-15)27(9-10-30-19)18-6-3-14-13-25-16(12-24)11-17(14)21(18)23/h3-4,6-7,11,13H,2,5,8-10,12,24H2,1H3. The fourth-order valence-corrected chi connectivity index (χ4v) is 3.50. The molecule has 0 aliphatic carbocycles. The lowest BCUT2D eigenvalue weighted by Crippen LogP contribution is -2.30. The first-order valence-corrected chi connectivity index (χ1v) is 9.93. The van der Waals surface area contributed by atoms with E-state index < -0.39 is 0 Å². The van der Waals surface area contributed by atoms with Gasteiger partial charge in [0.1, 0.15) is 6.61 Å². The van der Waals surface area contributed by atoms with Gasteiger partial charge in [-0.25, -0.2) is 9.37 Å². The lowest BCUT2D eigenvalue weighted by atomic mass is 10.1. The Morgan fingerprint density at radius 3 is 2.97 bits per heavy atom. The third-order valence-corrected chi connectivity index (χ3v) is 4.99. The van der Waals surface area contributed by atoms with E-state index in [1.54, 1.807) is 25.3 Å². The van der Waals surface area contributed by atoms with Crippen LogP contribution in [-0.2, 0) is 22.5 Å². The van der Waals surface area contributed by atoms with E-state index >= 15 is 4.39 Å². The Morgan fingerprint density at radius 1 is 1.30 bits per heavy atom. The Kier molecular flexibility index (Phi) is 5.76. The van der Waals surface area contributed by atoms with Crippen molar-refractivity contribution in [3.63, 3.8) is 0 Å². The third kappa shape index (κ3) is 3.91. The minimum absolute atomic E-state index is 0.236. The van der Waals surface area contributed by atoms with Crippen molar-refractivity contribution in [3.8, 4) is 5.75 Å². The summed E-state index contributed by atoms with van der Waals surface area (Å²) in [5, 5.41) is 1.17. The largest absolute Gasteiger partial charge is 0.488 e. The number of nitrogens with two attached hydrogens (primary N) is 1. The minimum atomic E-state index is -0.351. The van der Waals surface area contributed by atoms with Gasteiger partial charge in [0.15, 0.2) is 17.4 Å². The molecule has 8 heteroatoms. The number of pyridine rings is 2. The van der Waals surface area contributed by atoms with Crippen LogP contribution in [0.3, 0.4) is 0 Å². The molecule has 1 aliphatic rings. The van der Waals surface area contributed by atoms with Crippen LogP contribution in [0.4, 0.5) is 15.9 Å². The second-order valence-electron chi connectivity index (χ2n) is 6.93. The fraction of sp³-hybridized carbons (Fsp3) is 0.318. The lowest BCUT2D eigenvalue weighted by molar-refractivity contribution is -0.143. The number of halogens is 1. The molecule has 0 fully saturated rings. The smallest absolute Gasteiger partial charge is 0.306 e. The third-order valence-electron chi connectivity index (χ3n) is 4.99. The van der Waals surface area contributed by atoms with Crippen molar-refractivity contribution in [2.75, 3.05) is 24.7 Å². The number of benzene rings is 1. The van der Waals surface area contributed by atoms with Gasteiger partial charge in [-0.2, -0.15) is 0 Å². The summed E-state index contributed by atoms with van der Waals surface area (Å²) in [5.74, 6) is 0.498. The summed E-state index contributed by atoms with van der Waals surface area (Å²) >= 11 is 0. The molecular weight excluding hydrogens is 387 g/mol. The van der Waals surface area contributed by atoms with Crippen molar-refractivity contribution in [3.05, 3.63) is 53.7 Å². The van der Waals surface area contributed by atoms with Gasteiger partial charge in [0, 0.05) is 35.6 Å². The molecule has 30 heavy (non-hydrogen) atoms. The summed E-state index contributed by atoms with van der Waals surface area (Å²) in [4.78, 5) is 22.4. The number of carbonyl (C=O) groups excluding carboxylic acids is 1. The predicted octanol–water partition coefficient (Wildman–Crippen LogP) is 3.25. The zero-order valence-corrected chi connectivity index (χ0v) is 16.7. The van der Waals surface area contributed by atoms with E-state index in [2.05, 4.69) is 9.97 Å². The molecule has 0 unspecified atom stereocenters. The molecule has 0 radical (unpaired) electrons. The highest BCUT2D eigenvalue weighted by Crippen LogP contribution is 2.38. The fourth-order valence-electron chi connectivity index (χ4n) is 3.50. The molecule has 0 saturated heterocycles. The van der Waals surface area contributed by atoms with E-state index in [9.17, 15) is 4.79 Å². The van der Waals surface area contributed by atoms with Crippen LogP contribution in [0.15, 0.2) is 36.5 Å². The van der Waals surface area contributed by atoms with Gasteiger partial charge in [-0.3, -0.25) is 9.78 Å². The second-order valence-corrected chi connectivity index (χ2v) is 6.93. The van der Waals surface area contributed by atoms with Crippen LogP contribution < -0.4 is 15.4 Å². The van der Waals surface area contributed by atoms with E-state index in [0.717, 1.165) is 0 Å². The van der Waals surface area contributed by atoms with Crippen molar-refractivity contribution in [1.29, 1.82) is 0 Å². The van der Waals surface area contributed by atoms with Gasteiger partial charge in [-0.15, -0.1) is 0 Å². The monoisotopic (exact) mass is 410 g/mol. The van der Waals surface area contributed by atoms with Crippen LogP contribution in [-0.4, -0.2) is 35.7 Å². The number of anilines is 2. The number of esters is 1. The maximum absolute atomic E-state index is 15.5. The van der Waals surface area contributed by atoms with Crippen molar-refractivity contribution >= 4 is 28.2 Å². The molecule has 0 amide bonds. The summed E-state index contributed by atoms with van der Waals surface area (Å²) in [5.41, 5.74) is 7.42. The number of ether oxygens (including phenoxy) is 2. The Labute approximate surface area is 173 Å². The van der Waals surface area contributed by atoms with Crippen molar-refractivity contribution in [2.24, 2.45) is 5.73 Å². The highest BCUT2D eigenvalue weighted by molar-refractivity contribution is 5.88. The summed E-state index contributed by atoms with van der Waals surface area (Å²) in [6.07, 6.45) is 2.30. The molecule has 2 aromatic heterocycles. The zero-order valence-electron chi connectivity index (χ0n) is 16.7. The van der Waals surface area contributed by atoms with Gasteiger partial charge in [-0.1, -0.05) is 6.07 Å². The zero-order chi connectivity index (χ0) is 21.1. The topological polar surface area (TPSA) is 90.6 Å². The molecule has 3 aromatic rings. The van der Waals surface area contributed by atoms with E-state index in [4.69, 9.17) is 15.2 Å². The predicted molar refractivity (Wildman–Crippen MR) is 111 cm³/mol. The number of hydrogen-bond acceptors (Lipinski definition) is 7. The normalized spacial score (nSPS) is 13.1. The van der Waals surface area contributed by atoms with Gasteiger partial charge < -0.3 is 20.1 Å². The first kappa shape index (κ1) is 20.0. The maximum Gasteiger partial charge on any atom is 0.306 e. The molecule has 0 atom stereocenters. The summed E-state index contributed by atoms with van der Waals surface area (Å²) in [7, 11) is 0. The molecule has 0 saturated carbocycles. The number of hydrogen-bond donors (Lipinski definition) is 1. The first-order valence-electron chi connectivity index (χ1n) is 9.93. The molecule has 1 aliphatic heterocycles. The van der Waals surface area contributed by atoms with Gasteiger partial charge in [-0.05, 0) is 31.2 Å². The van der Waals surface area contributed by atoms with Crippen LogP contribution in [0.2, 0.25) is 0 Å². The average Bonchev–Trinajstić information content (AvgIpc) is 2.77. The van der Waals surface area contributed by atoms with Crippen molar-refractivity contribution < 1.29 is 18.7 Å². The second kappa shape index (κ2) is 8.62. The molecule has 1 aromatic carbocycles. The van der Waals surface area contributed by atoms with Gasteiger partial charge in [0.05, 0.1) is 31.0 Å². The lowest BCUT2D eigenvalue weighted by Gasteiger charge is -2.31. The average molecular weight is 410 g/mol. The molecule has 0 spiro atoms. The van der Waals surface area contributed by atoms with Crippen LogP contribution in [0.1, 0.15) is 24.7 Å². The molecule has 2 N–H and O–H groups in total. The Morgan fingerprint density at radius 2 is 2.17 bits per heavy atom. The summed E-state index contributed by atoms with van der Waals surface area (Å²) in [6, 6.07) is 8.87. The Hall–Kier alpha value is -3.26. The van der Waals surface area contributed by atoms with Crippen molar-refractivity contribution in [2.45, 2.75) is 26.3 Å². The number of nitrogens with zero attached hydrogens (tertiary/aromatic N) is 3. The van der Waals surface area contributed by atoms with Crippen LogP contribution in [0.5, 0.6) is 5.75 Å². The Bertz CT molecular complexity index is 1090. The molecule has 4 rings (SSSR count). The summed E-state index contributed by atoms with van der Waals surface area (Å²) in [6.45, 7) is 3.23.